The fourth-order valence-electron chi connectivity index (χ4n) is 3.27. The molecule has 0 bridgehead atoms. The van der Waals surface area contributed by atoms with Gasteiger partial charge in [0.15, 0.2) is 5.69 Å². The van der Waals surface area contributed by atoms with Gasteiger partial charge in [0.25, 0.3) is 5.91 Å². The van der Waals surface area contributed by atoms with Crippen molar-refractivity contribution in [2.24, 2.45) is 7.05 Å². The van der Waals surface area contributed by atoms with Crippen LogP contribution in [0.3, 0.4) is 0 Å². The molecular formula is C21H25N7O. The van der Waals surface area contributed by atoms with Crippen molar-refractivity contribution in [2.45, 2.75) is 6.42 Å². The highest BCUT2D eigenvalue weighted by molar-refractivity contribution is 5.92. The summed E-state index contributed by atoms with van der Waals surface area (Å²) in [6, 6.07) is 9.91. The van der Waals surface area contributed by atoms with Gasteiger partial charge >= 0.3 is 0 Å². The minimum absolute atomic E-state index is 0.153. The van der Waals surface area contributed by atoms with Crippen molar-refractivity contribution in [1.29, 1.82) is 0 Å². The second kappa shape index (κ2) is 7.92. The zero-order chi connectivity index (χ0) is 20.4. The molecule has 4 heterocycles. The Hall–Kier alpha value is -3.39. The zero-order valence-electron chi connectivity index (χ0n) is 16.9. The molecule has 4 aromatic heterocycles. The van der Waals surface area contributed by atoms with Crippen molar-refractivity contribution < 1.29 is 4.79 Å². The Kier molecular flexibility index (Phi) is 5.18. The first-order valence-electron chi connectivity index (χ1n) is 9.60. The molecule has 8 heteroatoms. The Labute approximate surface area is 169 Å². The van der Waals surface area contributed by atoms with Gasteiger partial charge in [0.05, 0.1) is 6.20 Å². The molecule has 4 rings (SSSR count). The van der Waals surface area contributed by atoms with Crippen LogP contribution in [0.2, 0.25) is 0 Å². The van der Waals surface area contributed by atoms with Gasteiger partial charge in [-0.25, -0.2) is 4.68 Å². The fraction of sp³-hybridized carbons (Fsp3) is 0.286. The lowest BCUT2D eigenvalue weighted by Gasteiger charge is -2.09. The van der Waals surface area contributed by atoms with Crippen LogP contribution < -0.4 is 5.32 Å². The highest BCUT2D eigenvalue weighted by Crippen LogP contribution is 2.22. The van der Waals surface area contributed by atoms with Crippen molar-refractivity contribution in [2.75, 3.05) is 27.2 Å². The molecule has 150 valence electrons. The van der Waals surface area contributed by atoms with E-state index < -0.39 is 0 Å². The number of aromatic nitrogens is 5. The van der Waals surface area contributed by atoms with Gasteiger partial charge in [0.1, 0.15) is 5.82 Å². The third-order valence-electron chi connectivity index (χ3n) is 4.79. The van der Waals surface area contributed by atoms with Gasteiger partial charge < -0.3 is 14.6 Å². The summed E-state index contributed by atoms with van der Waals surface area (Å²) in [5, 5.41) is 11.7. The number of aryl methyl sites for hydroxylation is 1. The molecule has 1 amide bonds. The molecule has 0 aromatic carbocycles. The molecule has 0 spiro atoms. The summed E-state index contributed by atoms with van der Waals surface area (Å²) < 4.78 is 5.58. The first-order chi connectivity index (χ1) is 14.0. The first-order valence-corrected chi connectivity index (χ1v) is 9.60. The molecule has 0 unspecified atom stereocenters. The molecule has 29 heavy (non-hydrogen) atoms. The monoisotopic (exact) mass is 391 g/mol. The van der Waals surface area contributed by atoms with E-state index in [1.165, 1.54) is 0 Å². The minimum atomic E-state index is -0.153. The summed E-state index contributed by atoms with van der Waals surface area (Å²) >= 11 is 0. The third-order valence-corrected chi connectivity index (χ3v) is 4.79. The topological polar surface area (TPSA) is 72.4 Å². The lowest BCUT2D eigenvalue weighted by molar-refractivity contribution is 0.0947. The van der Waals surface area contributed by atoms with Crippen LogP contribution in [-0.4, -0.2) is 62.0 Å². The normalized spacial score (nSPS) is 11.4. The highest BCUT2D eigenvalue weighted by Gasteiger charge is 2.12. The van der Waals surface area contributed by atoms with Crippen LogP contribution in [0.1, 0.15) is 16.9 Å². The third kappa shape index (κ3) is 4.07. The summed E-state index contributed by atoms with van der Waals surface area (Å²) in [6.07, 6.45) is 8.60. The average Bonchev–Trinajstić information content (AvgIpc) is 3.43. The van der Waals surface area contributed by atoms with E-state index in [0.717, 1.165) is 35.4 Å². The number of pyridine rings is 1. The average molecular weight is 391 g/mol. The fourth-order valence-corrected chi connectivity index (χ4v) is 3.27. The molecule has 0 aliphatic rings. The van der Waals surface area contributed by atoms with Gasteiger partial charge in [-0.15, -0.1) is 0 Å². The minimum Gasteiger partial charge on any atom is -0.351 e. The second-order valence-electron chi connectivity index (χ2n) is 7.37. The van der Waals surface area contributed by atoms with Crippen LogP contribution in [0.15, 0.2) is 55.1 Å². The van der Waals surface area contributed by atoms with Crippen LogP contribution in [0.4, 0.5) is 0 Å². The van der Waals surface area contributed by atoms with Gasteiger partial charge in [0.2, 0.25) is 0 Å². The number of nitrogens with zero attached hydrogens (tertiary/aromatic N) is 6. The molecular weight excluding hydrogens is 366 g/mol. The largest absolute Gasteiger partial charge is 0.351 e. The Bertz CT molecular complexity index is 1140. The summed E-state index contributed by atoms with van der Waals surface area (Å²) in [5.41, 5.74) is 3.58. The quantitative estimate of drug-likeness (QED) is 0.490. The lowest BCUT2D eigenvalue weighted by atomic mass is 10.1. The summed E-state index contributed by atoms with van der Waals surface area (Å²) in [6.45, 7) is 1.57. The maximum absolute atomic E-state index is 12.4. The van der Waals surface area contributed by atoms with Crippen molar-refractivity contribution in [3.8, 4) is 16.9 Å². The molecule has 0 aliphatic heterocycles. The number of nitrogens with one attached hydrogen (secondary N) is 1. The van der Waals surface area contributed by atoms with E-state index in [9.17, 15) is 4.79 Å². The second-order valence-corrected chi connectivity index (χ2v) is 7.37. The molecule has 0 radical (unpaired) electrons. The lowest BCUT2D eigenvalue weighted by Crippen LogP contribution is -2.27. The Morgan fingerprint density at radius 3 is 2.69 bits per heavy atom. The molecule has 8 nitrogen and oxygen atoms in total. The van der Waals surface area contributed by atoms with Crippen molar-refractivity contribution >= 4 is 11.4 Å². The number of carbonyl (C=O) groups excluding carboxylic acids is 1. The van der Waals surface area contributed by atoms with Crippen molar-refractivity contribution in [3.05, 3.63) is 60.8 Å². The SMILES string of the molecule is CN(C)CCCNC(=O)c1ccn(-c2ccc3ccc(-c4cnn(C)c4)cn23)n1. The number of rotatable bonds is 7. The van der Waals surface area contributed by atoms with Gasteiger partial charge in [-0.1, -0.05) is 6.07 Å². The number of carbonyl (C=O) groups is 1. The number of fused-ring (bicyclic) bond motifs is 1. The van der Waals surface area contributed by atoms with Gasteiger partial charge in [-0.05, 0) is 51.3 Å². The number of amides is 1. The smallest absolute Gasteiger partial charge is 0.271 e. The maximum atomic E-state index is 12.4. The molecule has 0 saturated carbocycles. The van der Waals surface area contributed by atoms with Crippen LogP contribution in [0, 0.1) is 0 Å². The molecule has 1 N–H and O–H groups in total. The molecule has 0 aliphatic carbocycles. The Balaban J connectivity index is 1.55. The van der Waals surface area contributed by atoms with E-state index in [1.54, 1.807) is 15.4 Å². The predicted octanol–water partition coefficient (Wildman–Crippen LogP) is 2.21. The van der Waals surface area contributed by atoms with Crippen LogP contribution in [0.5, 0.6) is 0 Å². The summed E-state index contributed by atoms with van der Waals surface area (Å²) in [4.78, 5) is 14.5. The predicted molar refractivity (Wildman–Crippen MR) is 112 cm³/mol. The van der Waals surface area contributed by atoms with Gasteiger partial charge in [-0.2, -0.15) is 10.2 Å². The number of hydrogen-bond donors (Lipinski definition) is 1. The van der Waals surface area contributed by atoms with Gasteiger partial charge in [-0.3, -0.25) is 9.48 Å². The van der Waals surface area contributed by atoms with E-state index in [-0.39, 0.29) is 5.91 Å². The van der Waals surface area contributed by atoms with E-state index >= 15 is 0 Å². The van der Waals surface area contributed by atoms with Crippen LogP contribution in [-0.2, 0) is 7.05 Å². The molecule has 0 saturated heterocycles. The zero-order valence-corrected chi connectivity index (χ0v) is 16.9. The Morgan fingerprint density at radius 1 is 1.10 bits per heavy atom. The van der Waals surface area contributed by atoms with E-state index in [1.807, 2.05) is 51.9 Å². The first kappa shape index (κ1) is 18.9. The van der Waals surface area contributed by atoms with Crippen molar-refractivity contribution in [1.82, 2.24) is 34.2 Å². The van der Waals surface area contributed by atoms with E-state index in [2.05, 4.69) is 43.1 Å². The maximum Gasteiger partial charge on any atom is 0.271 e. The van der Waals surface area contributed by atoms with Crippen molar-refractivity contribution in [3.63, 3.8) is 0 Å². The molecule has 0 atom stereocenters. The summed E-state index contributed by atoms with van der Waals surface area (Å²) in [7, 11) is 5.94. The summed E-state index contributed by atoms with van der Waals surface area (Å²) in [5.74, 6) is 0.719. The van der Waals surface area contributed by atoms with E-state index in [0.29, 0.717) is 12.2 Å². The van der Waals surface area contributed by atoms with Crippen LogP contribution in [0.25, 0.3) is 22.5 Å². The van der Waals surface area contributed by atoms with Gasteiger partial charge in [0, 0.05) is 48.8 Å². The highest BCUT2D eigenvalue weighted by atomic mass is 16.1. The van der Waals surface area contributed by atoms with Crippen LogP contribution >= 0.6 is 0 Å². The molecule has 0 fully saturated rings. The van der Waals surface area contributed by atoms with E-state index in [4.69, 9.17) is 0 Å². The standard InChI is InChI=1S/C21H25N7O/c1-25(2)11-4-10-22-21(29)19-9-12-28(24-19)20-8-7-18-6-5-16(15-27(18)20)17-13-23-26(3)14-17/h5-9,12-15H,4,10-11H2,1-3H3,(H,22,29). The Morgan fingerprint density at radius 2 is 1.93 bits per heavy atom. The molecule has 4 aromatic rings. The number of hydrogen-bond acceptors (Lipinski definition) is 4.